The van der Waals surface area contributed by atoms with Crippen molar-refractivity contribution in [3.63, 3.8) is 0 Å². The highest BCUT2D eigenvalue weighted by Crippen LogP contribution is 2.65. The predicted molar refractivity (Wildman–Crippen MR) is 151 cm³/mol. The summed E-state index contributed by atoms with van der Waals surface area (Å²) >= 11 is 4.43. The molecule has 7 fully saturated rings. The van der Waals surface area contributed by atoms with Gasteiger partial charge in [0, 0.05) is 15.6 Å². The zero-order chi connectivity index (χ0) is 25.3. The third-order valence-corrected chi connectivity index (χ3v) is 14.8. The first-order valence-corrected chi connectivity index (χ1v) is 16.5. The lowest BCUT2D eigenvalue weighted by Crippen LogP contribution is -2.59. The third kappa shape index (κ3) is 4.05. The minimum atomic E-state index is -1.14. The van der Waals surface area contributed by atoms with Gasteiger partial charge in [0.25, 0.3) is 0 Å². The minimum absolute atomic E-state index is 0.410. The molecule has 1 aliphatic heterocycles. The van der Waals surface area contributed by atoms with Crippen LogP contribution < -0.4 is 0 Å². The maximum absolute atomic E-state index is 12.1. The van der Waals surface area contributed by atoms with E-state index >= 15 is 0 Å². The van der Waals surface area contributed by atoms with Crippen molar-refractivity contribution in [1.29, 1.82) is 0 Å². The van der Waals surface area contributed by atoms with E-state index in [0.717, 1.165) is 17.4 Å². The quantitative estimate of drug-likeness (QED) is 0.448. The maximum atomic E-state index is 12.1. The Morgan fingerprint density at radius 3 is 1.78 bits per heavy atom. The van der Waals surface area contributed by atoms with Crippen LogP contribution in [0.25, 0.3) is 0 Å². The van der Waals surface area contributed by atoms with Crippen molar-refractivity contribution in [3.05, 3.63) is 35.9 Å². The first-order chi connectivity index (χ1) is 17.2. The van der Waals surface area contributed by atoms with Crippen molar-refractivity contribution in [2.45, 2.75) is 89.1 Å². The molecule has 6 aliphatic carbocycles. The molecule has 0 radical (unpaired) electrons. The summed E-state index contributed by atoms with van der Waals surface area (Å²) in [5.41, 5.74) is 0.581. The van der Waals surface area contributed by atoms with Gasteiger partial charge in [-0.3, -0.25) is 0 Å². The molecule has 0 unspecified atom stereocenters. The van der Waals surface area contributed by atoms with Crippen LogP contribution in [-0.4, -0.2) is 40.2 Å². The van der Waals surface area contributed by atoms with Crippen molar-refractivity contribution in [2.75, 3.05) is 18.3 Å². The number of ether oxygens (including phenoxy) is 2. The van der Waals surface area contributed by atoms with E-state index in [4.69, 9.17) is 9.47 Å². The lowest BCUT2D eigenvalue weighted by atomic mass is 9.45. The molecule has 1 aromatic carbocycles. The van der Waals surface area contributed by atoms with E-state index in [1.807, 2.05) is 30.3 Å². The molecule has 1 saturated heterocycles. The largest absolute Gasteiger partial charge is 0.380 e. The van der Waals surface area contributed by atoms with Gasteiger partial charge in [-0.05, 0) is 84.0 Å². The molecule has 9 atom stereocenters. The van der Waals surface area contributed by atoms with Gasteiger partial charge in [0.15, 0.2) is 6.29 Å². The monoisotopic (exact) mass is 530 g/mol. The molecule has 36 heavy (non-hydrogen) atoms. The Bertz CT molecular complexity index is 887. The number of thioether (sulfide) groups is 2. The second kappa shape index (κ2) is 9.47. The number of aliphatic hydroxyl groups is 1. The Hall–Kier alpha value is -0.200. The summed E-state index contributed by atoms with van der Waals surface area (Å²) in [6, 6.07) is 10.1. The molecule has 0 amide bonds. The highest BCUT2D eigenvalue weighted by molar-refractivity contribution is 8.16. The van der Waals surface area contributed by atoms with E-state index in [-0.39, 0.29) is 0 Å². The lowest BCUT2D eigenvalue weighted by Gasteiger charge is -2.63. The van der Waals surface area contributed by atoms with Gasteiger partial charge in [0.1, 0.15) is 5.60 Å². The molecule has 1 heterocycles. The normalized spacial score (nSPS) is 44.8. The summed E-state index contributed by atoms with van der Waals surface area (Å²) in [5, 5.41) is 14.6. The molecule has 0 aromatic heterocycles. The van der Waals surface area contributed by atoms with Crippen molar-refractivity contribution < 1.29 is 14.6 Å². The van der Waals surface area contributed by atoms with E-state index < -0.39 is 11.9 Å². The molecular weight excluding hydrogens is 484 g/mol. The Labute approximate surface area is 227 Å². The number of rotatable bonds is 3. The summed E-state index contributed by atoms with van der Waals surface area (Å²) < 4.78 is 13.5. The van der Waals surface area contributed by atoms with Crippen LogP contribution in [0.1, 0.15) is 72.3 Å². The summed E-state index contributed by atoms with van der Waals surface area (Å²) in [6.07, 6.45) is 5.26. The molecule has 1 aromatic rings. The summed E-state index contributed by atoms with van der Waals surface area (Å²) in [7, 11) is 0. The number of benzene rings is 1. The van der Waals surface area contributed by atoms with Crippen molar-refractivity contribution >= 4 is 23.5 Å². The highest BCUT2D eigenvalue weighted by Gasteiger charge is 2.60. The first kappa shape index (κ1) is 26.0. The lowest BCUT2D eigenvalue weighted by molar-refractivity contribution is -0.267. The standard InChI is InChI=1S/C31H46O3S2/c1-6-31(32,19-10-8-7-9-11-19)28-33-16-22-24-12-20(29(24,2)3)14-26(22)35-18-36-27-15-21-13-25(30(21,4)5)23(27)17-34-28/h7-11,20-28,32H,6,12-18H2,1-5H3/t20-,21-,22+,23+,24+,25+,26+,27+,31+/m1/s1. The third-order valence-electron chi connectivity index (χ3n) is 11.8. The fraction of sp³-hybridized carbons (Fsp3) is 0.806. The van der Waals surface area contributed by atoms with Gasteiger partial charge in [-0.2, -0.15) is 0 Å². The topological polar surface area (TPSA) is 38.7 Å². The van der Waals surface area contributed by atoms with Crippen LogP contribution in [-0.2, 0) is 15.1 Å². The maximum Gasteiger partial charge on any atom is 0.190 e. The number of hydrogen-bond donors (Lipinski definition) is 1. The van der Waals surface area contributed by atoms with Crippen LogP contribution in [0, 0.1) is 46.3 Å². The molecule has 3 nitrogen and oxygen atoms in total. The zero-order valence-corrected chi connectivity index (χ0v) is 24.5. The molecule has 7 aliphatic rings. The van der Waals surface area contributed by atoms with Crippen molar-refractivity contribution in [1.82, 2.24) is 0 Å². The summed E-state index contributed by atoms with van der Waals surface area (Å²) in [6.45, 7) is 13.3. The molecular formula is C31H46O3S2. The van der Waals surface area contributed by atoms with E-state index in [9.17, 15) is 5.11 Å². The van der Waals surface area contributed by atoms with Gasteiger partial charge >= 0.3 is 0 Å². The average molecular weight is 531 g/mol. The van der Waals surface area contributed by atoms with Crippen LogP contribution in [0.5, 0.6) is 0 Å². The highest BCUT2D eigenvalue weighted by atomic mass is 32.2. The molecule has 5 heteroatoms. The van der Waals surface area contributed by atoms with Gasteiger partial charge < -0.3 is 14.6 Å². The first-order valence-electron chi connectivity index (χ1n) is 14.4. The van der Waals surface area contributed by atoms with Gasteiger partial charge in [-0.25, -0.2) is 0 Å². The zero-order valence-electron chi connectivity index (χ0n) is 22.8. The molecule has 0 spiro atoms. The smallest absolute Gasteiger partial charge is 0.190 e. The second-order valence-electron chi connectivity index (χ2n) is 13.7. The Balaban J connectivity index is 1.30. The van der Waals surface area contributed by atoms with Gasteiger partial charge in [0.2, 0.25) is 0 Å². The summed E-state index contributed by atoms with van der Waals surface area (Å²) in [4.78, 5) is 0. The minimum Gasteiger partial charge on any atom is -0.380 e. The Kier molecular flexibility index (Phi) is 6.85. The fourth-order valence-corrected chi connectivity index (χ4v) is 12.3. The molecule has 1 N–H and O–H groups in total. The van der Waals surface area contributed by atoms with Gasteiger partial charge in [-0.1, -0.05) is 65.0 Å². The van der Waals surface area contributed by atoms with Crippen LogP contribution in [0.4, 0.5) is 0 Å². The predicted octanol–water partition coefficient (Wildman–Crippen LogP) is 7.18. The molecule has 4 bridgehead atoms. The van der Waals surface area contributed by atoms with Crippen molar-refractivity contribution in [3.8, 4) is 0 Å². The second-order valence-corrected chi connectivity index (χ2v) is 16.5. The Morgan fingerprint density at radius 2 is 1.33 bits per heavy atom. The van der Waals surface area contributed by atoms with E-state index in [2.05, 4.69) is 58.1 Å². The average Bonchev–Trinajstić information content (AvgIpc) is 2.88. The van der Waals surface area contributed by atoms with Crippen molar-refractivity contribution in [2.24, 2.45) is 46.3 Å². The van der Waals surface area contributed by atoms with E-state index in [1.165, 1.54) is 30.8 Å². The van der Waals surface area contributed by atoms with Crippen LogP contribution in [0.15, 0.2) is 30.3 Å². The van der Waals surface area contributed by atoms with Gasteiger partial charge in [-0.15, -0.1) is 23.5 Å². The van der Waals surface area contributed by atoms with Crippen LogP contribution in [0.2, 0.25) is 0 Å². The SMILES string of the molecule is CC[C@](O)(c1ccccc1)C1OC[C@@H]2[C@H](C[C@H]3C[C@@H]2C3(C)C)SCS[C@H]2C[C@H]3C[C@@H]([C@@H]2CO1)C3(C)C. The molecule has 6 saturated carbocycles. The summed E-state index contributed by atoms with van der Waals surface area (Å²) in [5.74, 6) is 4.21. The molecule has 8 rings (SSSR count). The van der Waals surface area contributed by atoms with Crippen LogP contribution >= 0.6 is 23.5 Å². The van der Waals surface area contributed by atoms with Gasteiger partial charge in [0.05, 0.1) is 13.2 Å². The van der Waals surface area contributed by atoms with E-state index in [0.29, 0.717) is 64.6 Å². The number of hydrogen-bond acceptors (Lipinski definition) is 5. The van der Waals surface area contributed by atoms with Crippen LogP contribution in [0.3, 0.4) is 0 Å². The Morgan fingerprint density at radius 1 is 0.833 bits per heavy atom. The fourth-order valence-electron chi connectivity index (χ4n) is 8.79. The molecule has 200 valence electrons. The van der Waals surface area contributed by atoms with E-state index in [1.54, 1.807) is 0 Å².